The molecule has 0 spiro atoms. The Labute approximate surface area is 147 Å². The summed E-state index contributed by atoms with van der Waals surface area (Å²) in [5, 5.41) is 1.25. The molecule has 1 aliphatic carbocycles. The van der Waals surface area contributed by atoms with E-state index >= 15 is 0 Å². The molecule has 0 bridgehead atoms. The van der Waals surface area contributed by atoms with Gasteiger partial charge in [0.05, 0.1) is 0 Å². The first-order chi connectivity index (χ1) is 12.3. The first-order valence-corrected chi connectivity index (χ1v) is 9.29. The highest BCUT2D eigenvalue weighted by Gasteiger charge is 2.23. The van der Waals surface area contributed by atoms with Crippen LogP contribution in [0.25, 0.3) is 10.9 Å². The molecule has 1 aromatic heterocycles. The highest BCUT2D eigenvalue weighted by atomic mass is 16.2. The van der Waals surface area contributed by atoms with Crippen molar-refractivity contribution in [3.05, 3.63) is 70.4 Å². The fraction of sp³-hybridized carbons (Fsp3) is 0.318. The van der Waals surface area contributed by atoms with Crippen molar-refractivity contribution in [3.63, 3.8) is 0 Å². The molecular weight excluding hydrogens is 308 g/mol. The topological polar surface area (TPSA) is 36.1 Å². The number of carbonyl (C=O) groups excluding carboxylic acids is 1. The summed E-state index contributed by atoms with van der Waals surface area (Å²) in [6.07, 6.45) is 5.73. The second-order valence-electron chi connectivity index (χ2n) is 7.29. The molecule has 3 nitrogen and oxygen atoms in total. The molecule has 2 heterocycles. The first-order valence-electron chi connectivity index (χ1n) is 9.29. The number of H-pyrrole nitrogens is 1. The molecule has 0 saturated carbocycles. The van der Waals surface area contributed by atoms with Gasteiger partial charge in [0.25, 0.3) is 5.91 Å². The van der Waals surface area contributed by atoms with Crippen LogP contribution in [-0.2, 0) is 25.8 Å². The van der Waals surface area contributed by atoms with E-state index in [0.29, 0.717) is 0 Å². The molecule has 3 heteroatoms. The third-order valence-corrected chi connectivity index (χ3v) is 5.76. The normalized spacial score (nSPS) is 16.6. The van der Waals surface area contributed by atoms with Crippen LogP contribution in [0.2, 0.25) is 0 Å². The SMILES string of the molecule is O=C(c1ccc2[nH]c3c(c2c1)CCCC3)N1CCc2ccccc2C1. The minimum Gasteiger partial charge on any atom is -0.358 e. The molecule has 0 saturated heterocycles. The molecule has 2 aromatic carbocycles. The van der Waals surface area contributed by atoms with Gasteiger partial charge in [0.2, 0.25) is 0 Å². The summed E-state index contributed by atoms with van der Waals surface area (Å²) in [6.45, 7) is 1.53. The van der Waals surface area contributed by atoms with E-state index in [-0.39, 0.29) is 5.91 Å². The first kappa shape index (κ1) is 14.8. The average molecular weight is 330 g/mol. The predicted molar refractivity (Wildman–Crippen MR) is 99.8 cm³/mol. The van der Waals surface area contributed by atoms with Crippen LogP contribution >= 0.6 is 0 Å². The van der Waals surface area contributed by atoms with Crippen LogP contribution < -0.4 is 0 Å². The Morgan fingerprint density at radius 2 is 1.80 bits per heavy atom. The molecular formula is C22H22N2O. The molecule has 0 unspecified atom stereocenters. The Bertz CT molecular complexity index is 969. The second-order valence-corrected chi connectivity index (χ2v) is 7.29. The van der Waals surface area contributed by atoms with E-state index in [1.807, 2.05) is 11.0 Å². The van der Waals surface area contributed by atoms with E-state index in [4.69, 9.17) is 0 Å². The quantitative estimate of drug-likeness (QED) is 0.711. The van der Waals surface area contributed by atoms with Crippen molar-refractivity contribution in [1.82, 2.24) is 9.88 Å². The molecule has 126 valence electrons. The molecule has 2 aliphatic rings. The van der Waals surface area contributed by atoms with E-state index in [2.05, 4.69) is 41.4 Å². The lowest BCUT2D eigenvalue weighted by Crippen LogP contribution is -2.35. The Hall–Kier alpha value is -2.55. The third kappa shape index (κ3) is 2.46. The lowest BCUT2D eigenvalue weighted by Gasteiger charge is -2.29. The number of hydrogen-bond donors (Lipinski definition) is 1. The van der Waals surface area contributed by atoms with Crippen LogP contribution in [-0.4, -0.2) is 22.3 Å². The predicted octanol–water partition coefficient (Wildman–Crippen LogP) is 4.25. The van der Waals surface area contributed by atoms with Gasteiger partial charge in [0.15, 0.2) is 0 Å². The van der Waals surface area contributed by atoms with Crippen LogP contribution in [0.3, 0.4) is 0 Å². The summed E-state index contributed by atoms with van der Waals surface area (Å²) in [6, 6.07) is 14.6. The number of benzene rings is 2. The minimum atomic E-state index is 0.155. The van der Waals surface area contributed by atoms with Crippen LogP contribution in [0, 0.1) is 0 Å². The number of fused-ring (bicyclic) bond motifs is 4. The van der Waals surface area contributed by atoms with Gasteiger partial charge in [-0.15, -0.1) is 0 Å². The van der Waals surface area contributed by atoms with Gasteiger partial charge < -0.3 is 9.88 Å². The maximum absolute atomic E-state index is 13.1. The van der Waals surface area contributed by atoms with Crippen molar-refractivity contribution in [2.24, 2.45) is 0 Å². The largest absolute Gasteiger partial charge is 0.358 e. The summed E-state index contributed by atoms with van der Waals surface area (Å²) in [5.41, 5.74) is 7.45. The number of nitrogens with one attached hydrogen (secondary N) is 1. The van der Waals surface area contributed by atoms with E-state index in [0.717, 1.165) is 37.9 Å². The Balaban J connectivity index is 1.48. The number of hydrogen-bond acceptors (Lipinski definition) is 1. The number of aryl methyl sites for hydroxylation is 2. The van der Waals surface area contributed by atoms with Crippen molar-refractivity contribution >= 4 is 16.8 Å². The molecule has 0 radical (unpaired) electrons. The summed E-state index contributed by atoms with van der Waals surface area (Å²) >= 11 is 0. The Morgan fingerprint density at radius 1 is 0.960 bits per heavy atom. The van der Waals surface area contributed by atoms with Crippen molar-refractivity contribution < 1.29 is 4.79 Å². The van der Waals surface area contributed by atoms with E-state index < -0.39 is 0 Å². The van der Waals surface area contributed by atoms with Gasteiger partial charge in [0, 0.05) is 35.2 Å². The van der Waals surface area contributed by atoms with E-state index in [1.54, 1.807) is 0 Å². The van der Waals surface area contributed by atoms with E-state index in [1.165, 1.54) is 46.1 Å². The fourth-order valence-corrected chi connectivity index (χ4v) is 4.39. The van der Waals surface area contributed by atoms with Crippen LogP contribution in [0.5, 0.6) is 0 Å². The highest BCUT2D eigenvalue weighted by molar-refractivity contribution is 5.99. The Morgan fingerprint density at radius 3 is 2.72 bits per heavy atom. The van der Waals surface area contributed by atoms with Crippen LogP contribution in [0.4, 0.5) is 0 Å². The number of rotatable bonds is 1. The van der Waals surface area contributed by atoms with Crippen molar-refractivity contribution in [3.8, 4) is 0 Å². The number of nitrogens with zero attached hydrogens (tertiary/aromatic N) is 1. The van der Waals surface area contributed by atoms with Gasteiger partial charge >= 0.3 is 0 Å². The fourth-order valence-electron chi connectivity index (χ4n) is 4.39. The maximum Gasteiger partial charge on any atom is 0.254 e. The molecule has 1 aliphatic heterocycles. The highest BCUT2D eigenvalue weighted by Crippen LogP contribution is 2.30. The molecule has 0 atom stereocenters. The summed E-state index contributed by atoms with van der Waals surface area (Å²) in [5.74, 6) is 0.155. The molecule has 1 amide bonds. The van der Waals surface area contributed by atoms with Gasteiger partial charge in [-0.2, -0.15) is 0 Å². The monoisotopic (exact) mass is 330 g/mol. The maximum atomic E-state index is 13.1. The molecule has 25 heavy (non-hydrogen) atoms. The molecule has 1 N–H and O–H groups in total. The molecule has 3 aromatic rings. The van der Waals surface area contributed by atoms with Crippen molar-refractivity contribution in [2.45, 2.75) is 38.6 Å². The van der Waals surface area contributed by atoms with E-state index in [9.17, 15) is 4.79 Å². The van der Waals surface area contributed by atoms with Crippen LogP contribution in [0.1, 0.15) is 45.6 Å². The zero-order valence-corrected chi connectivity index (χ0v) is 14.3. The zero-order chi connectivity index (χ0) is 16.8. The molecule has 0 fully saturated rings. The standard InChI is InChI=1S/C22H22N2O/c25-22(24-12-11-15-5-1-2-6-17(15)14-24)16-9-10-21-19(13-16)18-7-3-4-8-20(18)23-21/h1-2,5-6,9-10,13,23H,3-4,7-8,11-12,14H2. The number of carbonyl (C=O) groups is 1. The zero-order valence-electron chi connectivity index (χ0n) is 14.3. The molecule has 5 rings (SSSR count). The number of aromatic nitrogens is 1. The van der Waals surface area contributed by atoms with Crippen molar-refractivity contribution in [2.75, 3.05) is 6.54 Å². The summed E-state index contributed by atoms with van der Waals surface area (Å²) in [4.78, 5) is 18.6. The minimum absolute atomic E-state index is 0.155. The second kappa shape index (κ2) is 5.76. The third-order valence-electron chi connectivity index (χ3n) is 5.76. The van der Waals surface area contributed by atoms with Crippen LogP contribution in [0.15, 0.2) is 42.5 Å². The summed E-state index contributed by atoms with van der Waals surface area (Å²) in [7, 11) is 0. The summed E-state index contributed by atoms with van der Waals surface area (Å²) < 4.78 is 0. The lowest BCUT2D eigenvalue weighted by atomic mass is 9.95. The number of amides is 1. The van der Waals surface area contributed by atoms with Gasteiger partial charge in [-0.05, 0) is 67.0 Å². The lowest BCUT2D eigenvalue weighted by molar-refractivity contribution is 0.0735. The number of aromatic amines is 1. The smallest absolute Gasteiger partial charge is 0.254 e. The van der Waals surface area contributed by atoms with Gasteiger partial charge in [-0.25, -0.2) is 0 Å². The van der Waals surface area contributed by atoms with Crippen molar-refractivity contribution in [1.29, 1.82) is 0 Å². The van der Waals surface area contributed by atoms with Gasteiger partial charge in [-0.1, -0.05) is 24.3 Å². The Kier molecular flexibility index (Phi) is 3.40. The van der Waals surface area contributed by atoms with Gasteiger partial charge in [-0.3, -0.25) is 4.79 Å². The average Bonchev–Trinajstić information content (AvgIpc) is 3.05. The van der Waals surface area contributed by atoms with Gasteiger partial charge in [0.1, 0.15) is 0 Å².